The van der Waals surface area contributed by atoms with Gasteiger partial charge < -0.3 is 4.74 Å². The number of aryl methyl sites for hydroxylation is 1. The van der Waals surface area contributed by atoms with Crippen molar-refractivity contribution in [2.45, 2.75) is 6.92 Å². The second kappa shape index (κ2) is 8.86. The van der Waals surface area contributed by atoms with Crippen LogP contribution in [0.3, 0.4) is 0 Å². The summed E-state index contributed by atoms with van der Waals surface area (Å²) in [5, 5.41) is 1.11. The molecule has 1 saturated heterocycles. The third kappa shape index (κ3) is 4.49. The van der Waals surface area contributed by atoms with Crippen LogP contribution < -0.4 is 10.2 Å². The van der Waals surface area contributed by atoms with Crippen LogP contribution in [-0.4, -0.2) is 27.8 Å². The van der Waals surface area contributed by atoms with Gasteiger partial charge in [-0.3, -0.25) is 15.0 Å². The minimum atomic E-state index is -0.376. The van der Waals surface area contributed by atoms with E-state index in [1.807, 2.05) is 43.3 Å². The Balaban J connectivity index is 1.72. The molecule has 2 aromatic carbocycles. The van der Waals surface area contributed by atoms with Gasteiger partial charge in [0.1, 0.15) is 12.4 Å². The molecule has 0 radical (unpaired) electrons. The quantitative estimate of drug-likeness (QED) is 0.441. The van der Waals surface area contributed by atoms with E-state index in [1.54, 1.807) is 24.3 Å². The highest BCUT2D eigenvalue weighted by atomic mass is 32.2. The van der Waals surface area contributed by atoms with Crippen molar-refractivity contribution in [2.24, 2.45) is 0 Å². The van der Waals surface area contributed by atoms with Gasteiger partial charge in [0, 0.05) is 5.56 Å². The van der Waals surface area contributed by atoms with Gasteiger partial charge in [-0.05, 0) is 54.5 Å². The van der Waals surface area contributed by atoms with Crippen molar-refractivity contribution in [3.63, 3.8) is 0 Å². The van der Waals surface area contributed by atoms with Crippen LogP contribution in [0.15, 0.2) is 66.1 Å². The molecule has 5 nitrogen and oxygen atoms in total. The molecule has 2 amide bonds. The first-order chi connectivity index (χ1) is 13.5. The van der Waals surface area contributed by atoms with Crippen molar-refractivity contribution >= 4 is 46.2 Å². The summed E-state index contributed by atoms with van der Waals surface area (Å²) in [4.78, 5) is 25.6. The summed E-state index contributed by atoms with van der Waals surface area (Å²) in [6.45, 7) is 5.87. The third-order valence-electron chi connectivity index (χ3n) is 3.94. The molecule has 142 valence electrons. The first kappa shape index (κ1) is 19.9. The standard InChI is InChI=1S/C21H18N2O3S2/c1-3-12-26-16-10-8-15(9-11-16)13-18-20(25)23(21(27)28-18)22-19(24)17-7-5-4-6-14(17)2/h3-11,13H,1,12H2,2H3,(H,22,24)/b18-13-. The van der Waals surface area contributed by atoms with Gasteiger partial charge in [0.2, 0.25) is 0 Å². The number of carbonyl (C=O) groups excluding carboxylic acids is 2. The van der Waals surface area contributed by atoms with Crippen LogP contribution in [0.4, 0.5) is 0 Å². The Morgan fingerprint density at radius 2 is 1.96 bits per heavy atom. The Bertz CT molecular complexity index is 968. The predicted molar refractivity (Wildman–Crippen MR) is 116 cm³/mol. The zero-order chi connectivity index (χ0) is 20.1. The molecule has 28 heavy (non-hydrogen) atoms. The highest BCUT2D eigenvalue weighted by molar-refractivity contribution is 8.26. The van der Waals surface area contributed by atoms with Gasteiger partial charge >= 0.3 is 0 Å². The molecular formula is C21H18N2O3S2. The van der Waals surface area contributed by atoms with Crippen molar-refractivity contribution in [1.29, 1.82) is 0 Å². The van der Waals surface area contributed by atoms with E-state index in [4.69, 9.17) is 17.0 Å². The van der Waals surface area contributed by atoms with Gasteiger partial charge in [-0.2, -0.15) is 5.01 Å². The Hall–Kier alpha value is -2.90. The van der Waals surface area contributed by atoms with Crippen LogP contribution in [0.25, 0.3) is 6.08 Å². The number of thiocarbonyl (C=S) groups is 1. The van der Waals surface area contributed by atoms with E-state index in [1.165, 1.54) is 0 Å². The highest BCUT2D eigenvalue weighted by Gasteiger charge is 2.33. The third-order valence-corrected chi connectivity index (χ3v) is 5.24. The van der Waals surface area contributed by atoms with Crippen molar-refractivity contribution in [1.82, 2.24) is 10.4 Å². The largest absolute Gasteiger partial charge is 0.490 e. The van der Waals surface area contributed by atoms with Crippen LogP contribution in [0.1, 0.15) is 21.5 Å². The number of benzene rings is 2. The number of hydrogen-bond donors (Lipinski definition) is 1. The molecule has 1 heterocycles. The fourth-order valence-corrected chi connectivity index (χ4v) is 3.70. The maximum absolute atomic E-state index is 12.7. The average molecular weight is 411 g/mol. The molecule has 0 atom stereocenters. The summed E-state index contributed by atoms with van der Waals surface area (Å²) in [6.07, 6.45) is 3.40. The average Bonchev–Trinajstić information content (AvgIpc) is 2.95. The summed E-state index contributed by atoms with van der Waals surface area (Å²) < 4.78 is 5.72. The Labute approximate surface area is 173 Å². The minimum Gasteiger partial charge on any atom is -0.490 e. The minimum absolute atomic E-state index is 0.282. The molecule has 1 aliphatic rings. The van der Waals surface area contributed by atoms with Gasteiger partial charge in [-0.25, -0.2) is 0 Å². The lowest BCUT2D eigenvalue weighted by Gasteiger charge is -2.16. The van der Waals surface area contributed by atoms with Gasteiger partial charge in [-0.1, -0.05) is 54.7 Å². The topological polar surface area (TPSA) is 58.6 Å². The van der Waals surface area contributed by atoms with E-state index < -0.39 is 0 Å². The molecule has 1 aliphatic heterocycles. The fourth-order valence-electron chi connectivity index (χ4n) is 2.52. The molecule has 0 saturated carbocycles. The summed E-state index contributed by atoms with van der Waals surface area (Å²) in [5.41, 5.74) is 4.74. The van der Waals surface area contributed by atoms with Crippen LogP contribution in [0.2, 0.25) is 0 Å². The fraction of sp³-hybridized carbons (Fsp3) is 0.0952. The summed E-state index contributed by atoms with van der Waals surface area (Å²) in [6, 6.07) is 14.5. The maximum Gasteiger partial charge on any atom is 0.285 e. The number of amides is 2. The summed E-state index contributed by atoms with van der Waals surface area (Å²) in [5.74, 6) is -0.0154. The van der Waals surface area contributed by atoms with Crippen molar-refractivity contribution in [3.05, 3.63) is 82.8 Å². The van der Waals surface area contributed by atoms with Crippen LogP contribution >= 0.6 is 24.0 Å². The molecule has 1 fully saturated rings. The highest BCUT2D eigenvalue weighted by Crippen LogP contribution is 2.31. The molecule has 7 heteroatoms. The first-order valence-corrected chi connectivity index (χ1v) is 9.70. The van der Waals surface area contributed by atoms with Crippen LogP contribution in [0, 0.1) is 6.92 Å². The summed E-state index contributed by atoms with van der Waals surface area (Å²) >= 11 is 6.41. The molecule has 2 aromatic rings. The zero-order valence-electron chi connectivity index (χ0n) is 15.2. The van der Waals surface area contributed by atoms with Gasteiger partial charge in [0.05, 0.1) is 4.91 Å². The first-order valence-electron chi connectivity index (χ1n) is 8.48. The molecule has 3 rings (SSSR count). The van der Waals surface area contributed by atoms with Gasteiger partial charge in [0.25, 0.3) is 11.8 Å². The molecule has 0 aliphatic carbocycles. The molecular weight excluding hydrogens is 392 g/mol. The number of rotatable bonds is 6. The maximum atomic E-state index is 12.7. The normalized spacial score (nSPS) is 15.0. The van der Waals surface area contributed by atoms with E-state index in [-0.39, 0.29) is 16.1 Å². The van der Waals surface area contributed by atoms with Crippen LogP contribution in [0.5, 0.6) is 5.75 Å². The van der Waals surface area contributed by atoms with E-state index in [2.05, 4.69) is 12.0 Å². The van der Waals surface area contributed by atoms with E-state index in [0.717, 1.165) is 33.6 Å². The number of nitrogens with one attached hydrogen (secondary N) is 1. The SMILES string of the molecule is C=CCOc1ccc(/C=C2\SC(=S)N(NC(=O)c3ccccc3C)C2=O)cc1. The second-order valence-electron chi connectivity index (χ2n) is 5.94. The van der Waals surface area contributed by atoms with Gasteiger partial charge in [-0.15, -0.1) is 0 Å². The zero-order valence-corrected chi connectivity index (χ0v) is 16.8. The number of thioether (sulfide) groups is 1. The number of nitrogens with zero attached hydrogens (tertiary/aromatic N) is 1. The lowest BCUT2D eigenvalue weighted by molar-refractivity contribution is -0.123. The van der Waals surface area contributed by atoms with E-state index in [9.17, 15) is 9.59 Å². The predicted octanol–water partition coefficient (Wildman–Crippen LogP) is 4.11. The molecule has 0 aromatic heterocycles. The lowest BCUT2D eigenvalue weighted by Crippen LogP contribution is -2.45. The van der Waals surface area contributed by atoms with Crippen molar-refractivity contribution in [3.8, 4) is 5.75 Å². The van der Waals surface area contributed by atoms with Crippen molar-refractivity contribution < 1.29 is 14.3 Å². The Morgan fingerprint density at radius 3 is 2.64 bits per heavy atom. The summed E-state index contributed by atoms with van der Waals surface area (Å²) in [7, 11) is 0. The van der Waals surface area contributed by atoms with E-state index >= 15 is 0 Å². The van der Waals surface area contributed by atoms with Gasteiger partial charge in [0.15, 0.2) is 4.32 Å². The van der Waals surface area contributed by atoms with E-state index in [0.29, 0.717) is 17.1 Å². The molecule has 0 spiro atoms. The molecule has 1 N–H and O–H groups in total. The smallest absolute Gasteiger partial charge is 0.285 e. The molecule has 0 bridgehead atoms. The number of hydrogen-bond acceptors (Lipinski definition) is 5. The number of ether oxygens (including phenoxy) is 1. The lowest BCUT2D eigenvalue weighted by atomic mass is 10.1. The number of carbonyl (C=O) groups is 2. The monoisotopic (exact) mass is 410 g/mol. The Morgan fingerprint density at radius 1 is 1.25 bits per heavy atom. The van der Waals surface area contributed by atoms with Crippen molar-refractivity contribution in [2.75, 3.05) is 6.61 Å². The Kier molecular flexibility index (Phi) is 6.28. The van der Waals surface area contributed by atoms with Crippen LogP contribution in [-0.2, 0) is 4.79 Å². The second-order valence-corrected chi connectivity index (χ2v) is 7.62. The number of hydrazine groups is 1. The molecule has 0 unspecified atom stereocenters.